The SMILES string of the molecule is CC.CC.O=C1NC(=O)C(O)(O)C(O)(O)C1N1Cc2c(OCc3ccc(C(O)(O)N4CCOCC4)cc3F)cccc2C1=O. The molecule has 0 aromatic heterocycles. The van der Waals surface area contributed by atoms with Gasteiger partial charge in [0.05, 0.1) is 19.8 Å². The first-order chi connectivity index (χ1) is 20.8. The average Bonchev–Trinajstić information content (AvgIpc) is 3.34. The van der Waals surface area contributed by atoms with Crippen molar-refractivity contribution in [1.82, 2.24) is 15.1 Å². The van der Waals surface area contributed by atoms with E-state index in [-0.39, 0.29) is 47.7 Å². The molecule has 0 aliphatic carbocycles. The molecular formula is C29H38FN3O11. The summed E-state index contributed by atoms with van der Waals surface area (Å²) in [5.41, 5.74) is 0.123. The number of aliphatic hydroxyl groups is 6. The predicted octanol–water partition coefficient (Wildman–Crippen LogP) is -0.773. The van der Waals surface area contributed by atoms with E-state index >= 15 is 0 Å². The van der Waals surface area contributed by atoms with E-state index < -0.39 is 53.6 Å². The van der Waals surface area contributed by atoms with Crippen LogP contribution in [0, 0.1) is 5.82 Å². The van der Waals surface area contributed by atoms with Gasteiger partial charge in [-0.25, -0.2) is 9.29 Å². The molecule has 2 fully saturated rings. The molecule has 3 heterocycles. The molecule has 1 atom stereocenters. The van der Waals surface area contributed by atoms with E-state index in [1.165, 1.54) is 35.2 Å². The molecule has 2 aromatic rings. The first kappa shape index (κ1) is 34.9. The summed E-state index contributed by atoms with van der Waals surface area (Å²) in [6.45, 7) is 8.25. The van der Waals surface area contributed by atoms with Crippen LogP contribution < -0.4 is 10.1 Å². The van der Waals surface area contributed by atoms with Crippen LogP contribution in [0.5, 0.6) is 5.75 Å². The number of amides is 3. The molecule has 14 nitrogen and oxygen atoms in total. The van der Waals surface area contributed by atoms with Crippen molar-refractivity contribution in [3.05, 3.63) is 64.5 Å². The van der Waals surface area contributed by atoms with Crippen LogP contribution in [-0.4, -0.2) is 102 Å². The number of hydrogen-bond donors (Lipinski definition) is 7. The van der Waals surface area contributed by atoms with E-state index in [0.717, 1.165) is 6.07 Å². The van der Waals surface area contributed by atoms with Gasteiger partial charge in [0.2, 0.25) is 0 Å². The number of fused-ring (bicyclic) bond motifs is 1. The second kappa shape index (κ2) is 13.6. The van der Waals surface area contributed by atoms with Gasteiger partial charge in [-0.2, -0.15) is 0 Å². The Morgan fingerprint density at radius 1 is 1.02 bits per heavy atom. The fourth-order valence-corrected chi connectivity index (χ4v) is 4.92. The van der Waals surface area contributed by atoms with Gasteiger partial charge in [-0.1, -0.05) is 45.9 Å². The minimum atomic E-state index is -3.80. The molecule has 44 heavy (non-hydrogen) atoms. The summed E-state index contributed by atoms with van der Waals surface area (Å²) >= 11 is 0. The standard InChI is InChI=1S/C25H26FN3O11.2C2H6/c26-17-10-14(25(37,38)28-6-8-39-9-7-28)5-4-13(17)12-40-18-3-1-2-15-16(18)11-29(21(15)31)19-20(30)27-22(32)24(35,36)23(19,33)34;2*1-2/h1-5,10,19,33-38H,6-9,11-12H2,(H,27,30,32);2*1-2H3. The lowest BCUT2D eigenvalue weighted by molar-refractivity contribution is -0.355. The molecule has 7 N–H and O–H groups in total. The molecule has 242 valence electrons. The van der Waals surface area contributed by atoms with Gasteiger partial charge in [0.1, 0.15) is 18.2 Å². The van der Waals surface area contributed by atoms with Gasteiger partial charge in [-0.15, -0.1) is 0 Å². The predicted molar refractivity (Wildman–Crippen MR) is 150 cm³/mol. The quantitative estimate of drug-likeness (QED) is 0.156. The first-order valence-electron chi connectivity index (χ1n) is 14.1. The Morgan fingerprint density at radius 2 is 1.66 bits per heavy atom. The number of rotatable bonds is 6. The third-order valence-corrected chi connectivity index (χ3v) is 7.24. The average molecular weight is 624 g/mol. The van der Waals surface area contributed by atoms with E-state index in [0.29, 0.717) is 18.1 Å². The van der Waals surface area contributed by atoms with Crippen LogP contribution in [0.15, 0.2) is 36.4 Å². The molecule has 15 heteroatoms. The number of halogens is 1. The zero-order valence-corrected chi connectivity index (χ0v) is 24.8. The molecule has 1 unspecified atom stereocenters. The number of piperidine rings is 1. The van der Waals surface area contributed by atoms with Gasteiger partial charge < -0.3 is 45.0 Å². The van der Waals surface area contributed by atoms with Crippen molar-refractivity contribution in [3.8, 4) is 5.75 Å². The third kappa shape index (κ3) is 6.18. The van der Waals surface area contributed by atoms with Crippen molar-refractivity contribution < 1.29 is 58.9 Å². The van der Waals surface area contributed by atoms with E-state index in [9.17, 15) is 49.4 Å². The molecule has 0 bridgehead atoms. The lowest BCUT2D eigenvalue weighted by Crippen LogP contribution is -2.79. The maximum Gasteiger partial charge on any atom is 0.303 e. The molecule has 3 amide bonds. The lowest BCUT2D eigenvalue weighted by Gasteiger charge is -2.44. The Morgan fingerprint density at radius 3 is 2.27 bits per heavy atom. The number of nitrogens with one attached hydrogen (secondary N) is 1. The Kier molecular flexibility index (Phi) is 10.8. The first-order valence-corrected chi connectivity index (χ1v) is 14.1. The van der Waals surface area contributed by atoms with E-state index in [2.05, 4.69) is 0 Å². The number of hydrogen-bond acceptors (Lipinski definition) is 12. The number of morpholine rings is 1. The van der Waals surface area contributed by atoms with Crippen molar-refractivity contribution in [2.45, 2.75) is 64.4 Å². The molecule has 5 rings (SSSR count). The summed E-state index contributed by atoms with van der Waals surface area (Å²) in [4.78, 5) is 39.2. The van der Waals surface area contributed by atoms with Crippen LogP contribution >= 0.6 is 0 Å². The largest absolute Gasteiger partial charge is 0.488 e. The topological polar surface area (TPSA) is 210 Å². The third-order valence-electron chi connectivity index (χ3n) is 7.24. The van der Waals surface area contributed by atoms with Crippen LogP contribution in [0.25, 0.3) is 0 Å². The van der Waals surface area contributed by atoms with Crippen molar-refractivity contribution in [2.24, 2.45) is 0 Å². The minimum absolute atomic E-state index is 0.00819. The normalized spacial score (nSPS) is 20.9. The number of nitrogens with zero attached hydrogens (tertiary/aromatic N) is 2. The molecule has 2 saturated heterocycles. The van der Waals surface area contributed by atoms with Crippen LogP contribution in [0.1, 0.15) is 54.7 Å². The van der Waals surface area contributed by atoms with Gasteiger partial charge in [0.15, 0.2) is 6.04 Å². The molecular weight excluding hydrogens is 585 g/mol. The number of carbonyl (C=O) groups is 3. The summed E-state index contributed by atoms with van der Waals surface area (Å²) in [5, 5.41) is 63.2. The van der Waals surface area contributed by atoms with Gasteiger partial charge in [0.25, 0.3) is 29.4 Å². The highest BCUT2D eigenvalue weighted by Crippen LogP contribution is 2.38. The second-order valence-corrected chi connectivity index (χ2v) is 9.66. The molecule has 0 radical (unpaired) electrons. The maximum absolute atomic E-state index is 14.9. The fourth-order valence-electron chi connectivity index (χ4n) is 4.92. The van der Waals surface area contributed by atoms with Crippen molar-refractivity contribution in [2.75, 3.05) is 26.3 Å². The van der Waals surface area contributed by atoms with E-state index in [4.69, 9.17) is 9.47 Å². The van der Waals surface area contributed by atoms with E-state index in [1.54, 1.807) is 5.32 Å². The number of ether oxygens (including phenoxy) is 2. The monoisotopic (exact) mass is 623 g/mol. The number of carbonyl (C=O) groups excluding carboxylic acids is 3. The highest BCUT2D eigenvalue weighted by Gasteiger charge is 2.67. The highest BCUT2D eigenvalue weighted by atomic mass is 19.1. The summed E-state index contributed by atoms with van der Waals surface area (Å²) in [5.74, 6) is -14.7. The van der Waals surface area contributed by atoms with Crippen molar-refractivity contribution >= 4 is 17.7 Å². The van der Waals surface area contributed by atoms with Gasteiger partial charge in [0, 0.05) is 35.3 Å². The smallest absolute Gasteiger partial charge is 0.303 e. The summed E-state index contributed by atoms with van der Waals surface area (Å²) in [6.07, 6.45) is 0. The molecule has 3 aliphatic rings. The van der Waals surface area contributed by atoms with Gasteiger partial charge in [-0.3, -0.25) is 19.7 Å². The summed E-state index contributed by atoms with van der Waals surface area (Å²) in [7, 11) is 0. The Labute approximate surface area is 252 Å². The summed E-state index contributed by atoms with van der Waals surface area (Å²) in [6, 6.07) is 5.58. The number of benzene rings is 2. The zero-order chi connectivity index (χ0) is 33.0. The van der Waals surface area contributed by atoms with Crippen LogP contribution in [0.4, 0.5) is 4.39 Å². The maximum atomic E-state index is 14.9. The zero-order valence-electron chi connectivity index (χ0n) is 24.8. The van der Waals surface area contributed by atoms with E-state index in [1.807, 2.05) is 27.7 Å². The Bertz CT molecular complexity index is 1380. The molecule has 0 spiro atoms. The summed E-state index contributed by atoms with van der Waals surface area (Å²) < 4.78 is 25.9. The van der Waals surface area contributed by atoms with Crippen molar-refractivity contribution in [3.63, 3.8) is 0 Å². The highest BCUT2D eigenvalue weighted by molar-refractivity contribution is 6.08. The fraction of sp³-hybridized carbons (Fsp3) is 0.483. The Hall–Kier alpha value is -3.54. The Balaban J connectivity index is 0.00000127. The molecule has 0 saturated carbocycles. The molecule has 2 aromatic carbocycles. The van der Waals surface area contributed by atoms with Crippen LogP contribution in [0.3, 0.4) is 0 Å². The number of imide groups is 1. The second-order valence-electron chi connectivity index (χ2n) is 9.66. The minimum Gasteiger partial charge on any atom is -0.488 e. The van der Waals surface area contributed by atoms with Gasteiger partial charge >= 0.3 is 5.79 Å². The van der Waals surface area contributed by atoms with Crippen LogP contribution in [-0.2, 0) is 33.4 Å². The molecule has 3 aliphatic heterocycles. The van der Waals surface area contributed by atoms with Crippen molar-refractivity contribution in [1.29, 1.82) is 0 Å². The lowest BCUT2D eigenvalue weighted by atomic mass is 9.90. The van der Waals surface area contributed by atoms with Gasteiger partial charge in [-0.05, 0) is 18.2 Å². The van der Waals surface area contributed by atoms with Crippen LogP contribution in [0.2, 0.25) is 0 Å².